The maximum absolute atomic E-state index is 11.5. The molecule has 0 amide bonds. The zero-order valence-corrected chi connectivity index (χ0v) is 34.3. The van der Waals surface area contributed by atoms with Crippen molar-refractivity contribution in [1.82, 2.24) is 0 Å². The summed E-state index contributed by atoms with van der Waals surface area (Å²) in [6.07, 6.45) is 18.7. The molecular formula is C38H50BaO6S2. The Hall–Kier alpha value is -1.21. The van der Waals surface area contributed by atoms with Crippen LogP contribution < -0.4 is 0 Å². The van der Waals surface area contributed by atoms with E-state index in [1.165, 1.54) is 64.2 Å². The normalized spacial score (nSPS) is 11.7. The summed E-state index contributed by atoms with van der Waals surface area (Å²) in [7, 11) is -8.89. The molecular weight excluding hydrogens is 754 g/mol. The second kappa shape index (κ2) is 21.8. The molecule has 0 aliphatic carbocycles. The third-order valence-corrected chi connectivity index (χ3v) is 10.2. The topological polar surface area (TPSA) is 114 Å². The van der Waals surface area contributed by atoms with Crippen LogP contribution in [0.25, 0.3) is 21.5 Å². The maximum atomic E-state index is 11.5. The quantitative estimate of drug-likeness (QED) is 0.0562. The first-order valence-corrected chi connectivity index (χ1v) is 19.8. The minimum absolute atomic E-state index is 0. The molecule has 0 bridgehead atoms. The van der Waals surface area contributed by atoms with Crippen LogP contribution in [0.3, 0.4) is 0 Å². The Kier molecular flexibility index (Phi) is 19.4. The van der Waals surface area contributed by atoms with E-state index in [-0.39, 0.29) is 58.7 Å². The van der Waals surface area contributed by atoms with Gasteiger partial charge in [-0.15, -0.1) is 0 Å². The molecule has 0 heterocycles. The smallest absolute Gasteiger partial charge is 0.744 e. The Morgan fingerprint density at radius 2 is 0.787 bits per heavy atom. The van der Waals surface area contributed by atoms with E-state index in [1.807, 2.05) is 36.4 Å². The van der Waals surface area contributed by atoms with Crippen molar-refractivity contribution in [2.45, 2.75) is 126 Å². The van der Waals surface area contributed by atoms with Gasteiger partial charge in [-0.2, -0.15) is 0 Å². The first-order chi connectivity index (χ1) is 22.0. The summed E-state index contributed by atoms with van der Waals surface area (Å²) in [6, 6.07) is 21.5. The van der Waals surface area contributed by atoms with E-state index in [0.717, 1.165) is 60.4 Å². The van der Waals surface area contributed by atoms with Crippen molar-refractivity contribution >= 4 is 90.7 Å². The van der Waals surface area contributed by atoms with Gasteiger partial charge in [0.2, 0.25) is 0 Å². The van der Waals surface area contributed by atoms with Gasteiger partial charge in [-0.05, 0) is 70.5 Å². The van der Waals surface area contributed by atoms with Gasteiger partial charge in [0.15, 0.2) is 0 Å². The van der Waals surface area contributed by atoms with E-state index in [9.17, 15) is 25.9 Å². The Morgan fingerprint density at radius 1 is 0.468 bits per heavy atom. The molecule has 0 atom stereocenters. The number of hydrogen-bond acceptors (Lipinski definition) is 6. The van der Waals surface area contributed by atoms with Gasteiger partial charge in [-0.1, -0.05) is 152 Å². The minimum Gasteiger partial charge on any atom is -0.744 e. The predicted octanol–water partition coefficient (Wildman–Crippen LogP) is 9.69. The van der Waals surface area contributed by atoms with Gasteiger partial charge in [0.25, 0.3) is 0 Å². The van der Waals surface area contributed by atoms with Crippen molar-refractivity contribution in [2.75, 3.05) is 0 Å². The Balaban J connectivity index is 0.000000320. The van der Waals surface area contributed by atoms with E-state index >= 15 is 0 Å². The third kappa shape index (κ3) is 14.7. The third-order valence-electron chi connectivity index (χ3n) is 8.44. The van der Waals surface area contributed by atoms with Crippen LogP contribution in [-0.2, 0) is 33.1 Å². The Labute approximate surface area is 323 Å². The molecule has 6 nitrogen and oxygen atoms in total. The van der Waals surface area contributed by atoms with Crippen LogP contribution in [0.2, 0.25) is 0 Å². The number of unbranched alkanes of at least 4 members (excludes halogenated alkanes) is 12. The summed E-state index contributed by atoms with van der Waals surface area (Å²) in [5.41, 5.74) is 1.87. The van der Waals surface area contributed by atoms with E-state index in [4.69, 9.17) is 0 Å². The average Bonchev–Trinajstić information content (AvgIpc) is 3.02. The van der Waals surface area contributed by atoms with Gasteiger partial charge in [0, 0.05) is 0 Å². The SMILES string of the molecule is CCCCCCCCCc1cc(S(=O)(=O)[O-])c2ccccc2c1.CCCCCCCCCc1cc(S(=O)(=O)[O-])c2ccccc2c1.[Ba+2]. The Bertz CT molecular complexity index is 1610. The van der Waals surface area contributed by atoms with Gasteiger partial charge in [0.05, 0.1) is 9.79 Å². The molecule has 0 fully saturated rings. The molecule has 252 valence electrons. The number of benzene rings is 4. The first-order valence-electron chi connectivity index (χ1n) is 17.0. The van der Waals surface area contributed by atoms with Gasteiger partial charge in [-0.25, -0.2) is 16.8 Å². The van der Waals surface area contributed by atoms with Crippen molar-refractivity contribution in [1.29, 1.82) is 0 Å². The maximum Gasteiger partial charge on any atom is 2.00 e. The number of rotatable bonds is 18. The van der Waals surface area contributed by atoms with Crippen LogP contribution >= 0.6 is 0 Å². The first kappa shape index (κ1) is 42.0. The average molecular weight is 804 g/mol. The fraction of sp³-hybridized carbons (Fsp3) is 0.474. The van der Waals surface area contributed by atoms with Crippen molar-refractivity contribution < 1.29 is 25.9 Å². The standard InChI is InChI=1S/2C19H26O3S.Ba/c2*1-2-3-4-5-6-7-8-11-16-14-17-12-9-10-13-18(17)19(15-16)23(20,21)22;/h2*9-10,12-15H,2-8,11H2,1H3,(H,20,21,22);/q;;+2/p-2. The monoisotopic (exact) mass is 804 g/mol. The molecule has 4 rings (SSSR count). The zero-order valence-electron chi connectivity index (χ0n) is 28.2. The molecule has 4 aromatic rings. The molecule has 0 saturated carbocycles. The van der Waals surface area contributed by atoms with E-state index < -0.39 is 20.2 Å². The molecule has 0 aromatic heterocycles. The van der Waals surface area contributed by atoms with Crippen molar-refractivity contribution in [2.24, 2.45) is 0 Å². The number of fused-ring (bicyclic) bond motifs is 2. The molecule has 47 heavy (non-hydrogen) atoms. The largest absolute Gasteiger partial charge is 2.00 e. The van der Waals surface area contributed by atoms with Crippen LogP contribution in [0.15, 0.2) is 82.6 Å². The molecule has 0 aliphatic heterocycles. The molecule has 0 aliphatic rings. The van der Waals surface area contributed by atoms with Gasteiger partial charge in [0.1, 0.15) is 20.2 Å². The summed E-state index contributed by atoms with van der Waals surface area (Å²) >= 11 is 0. The van der Waals surface area contributed by atoms with Crippen LogP contribution in [0, 0.1) is 0 Å². The van der Waals surface area contributed by atoms with Crippen molar-refractivity contribution in [3.8, 4) is 0 Å². The van der Waals surface area contributed by atoms with E-state index in [0.29, 0.717) is 10.8 Å². The van der Waals surface area contributed by atoms with Crippen LogP contribution in [0.5, 0.6) is 0 Å². The van der Waals surface area contributed by atoms with E-state index in [2.05, 4.69) is 13.8 Å². The molecule has 0 saturated heterocycles. The Morgan fingerprint density at radius 3 is 1.13 bits per heavy atom. The summed E-state index contributed by atoms with van der Waals surface area (Å²) in [5, 5.41) is 2.68. The second-order valence-corrected chi connectivity index (χ2v) is 15.0. The van der Waals surface area contributed by atoms with E-state index in [1.54, 1.807) is 36.4 Å². The molecule has 0 spiro atoms. The molecule has 0 N–H and O–H groups in total. The van der Waals surface area contributed by atoms with Gasteiger partial charge >= 0.3 is 48.9 Å². The van der Waals surface area contributed by atoms with Crippen LogP contribution in [-0.4, -0.2) is 74.8 Å². The number of aryl methyl sites for hydroxylation is 2. The number of hydrogen-bond donors (Lipinski definition) is 0. The minimum atomic E-state index is -4.45. The molecule has 9 heteroatoms. The van der Waals surface area contributed by atoms with Gasteiger partial charge in [-0.3, -0.25) is 0 Å². The summed E-state index contributed by atoms with van der Waals surface area (Å²) in [5.74, 6) is 0. The van der Waals surface area contributed by atoms with Gasteiger partial charge < -0.3 is 9.11 Å². The summed E-state index contributed by atoms with van der Waals surface area (Å²) in [4.78, 5) is -0.179. The predicted molar refractivity (Wildman–Crippen MR) is 193 cm³/mol. The fourth-order valence-electron chi connectivity index (χ4n) is 5.94. The second-order valence-electron chi connectivity index (χ2n) is 12.3. The van der Waals surface area contributed by atoms with Crippen molar-refractivity contribution in [3.05, 3.63) is 83.9 Å². The van der Waals surface area contributed by atoms with Crippen LogP contribution in [0.4, 0.5) is 0 Å². The summed E-state index contributed by atoms with van der Waals surface area (Å²) in [6.45, 7) is 4.42. The zero-order chi connectivity index (χ0) is 33.4. The molecule has 4 aromatic carbocycles. The van der Waals surface area contributed by atoms with Crippen molar-refractivity contribution in [3.63, 3.8) is 0 Å². The summed E-state index contributed by atoms with van der Waals surface area (Å²) < 4.78 is 69.1. The molecule has 0 unspecified atom stereocenters. The molecule has 0 radical (unpaired) electrons. The fourth-order valence-corrected chi connectivity index (χ4v) is 7.45. The van der Waals surface area contributed by atoms with Crippen LogP contribution in [0.1, 0.15) is 115 Å².